The molecule has 0 aliphatic carbocycles. The Morgan fingerprint density at radius 3 is 1.83 bits per heavy atom. The zero-order valence-corrected chi connectivity index (χ0v) is 13.4. The molecule has 0 unspecified atom stereocenters. The van der Waals surface area contributed by atoms with Crippen LogP contribution in [0.15, 0.2) is 60.7 Å². The standard InChI is InChI=1S/C19H25N3O/c20-18(11-12-19(21)23)15-22(13-16-7-3-1-4-8-16)14-17-9-5-2-6-10-17/h1-10,18H,11-15,20H2,(H2,21,23)/t18-/m0/s1. The van der Waals surface area contributed by atoms with Gasteiger partial charge in [-0.2, -0.15) is 0 Å². The van der Waals surface area contributed by atoms with Gasteiger partial charge in [-0.1, -0.05) is 60.7 Å². The Balaban J connectivity index is 2.00. The van der Waals surface area contributed by atoms with Crippen molar-refractivity contribution in [2.75, 3.05) is 6.54 Å². The highest BCUT2D eigenvalue weighted by Gasteiger charge is 2.13. The van der Waals surface area contributed by atoms with E-state index in [2.05, 4.69) is 29.2 Å². The van der Waals surface area contributed by atoms with Gasteiger partial charge in [0, 0.05) is 32.1 Å². The van der Waals surface area contributed by atoms with Crippen molar-refractivity contribution in [3.8, 4) is 0 Å². The third-order valence-electron chi connectivity index (χ3n) is 3.75. The van der Waals surface area contributed by atoms with Crippen LogP contribution in [0, 0.1) is 0 Å². The SMILES string of the molecule is NC(=O)CC[C@H](N)CN(Cc1ccccc1)Cc1ccccc1. The summed E-state index contributed by atoms with van der Waals surface area (Å²) < 4.78 is 0. The molecular formula is C19H25N3O. The van der Waals surface area contributed by atoms with Crippen molar-refractivity contribution < 1.29 is 4.79 Å². The molecule has 0 radical (unpaired) electrons. The van der Waals surface area contributed by atoms with Gasteiger partial charge in [0.2, 0.25) is 5.91 Å². The van der Waals surface area contributed by atoms with Crippen molar-refractivity contribution >= 4 is 5.91 Å². The van der Waals surface area contributed by atoms with Crippen molar-refractivity contribution in [1.29, 1.82) is 0 Å². The molecule has 0 aliphatic rings. The maximum atomic E-state index is 10.9. The summed E-state index contributed by atoms with van der Waals surface area (Å²) in [5.41, 5.74) is 13.9. The van der Waals surface area contributed by atoms with Crippen LogP contribution >= 0.6 is 0 Å². The molecule has 0 fully saturated rings. The number of carbonyl (C=O) groups excluding carboxylic acids is 1. The van der Waals surface area contributed by atoms with Gasteiger partial charge in [0.1, 0.15) is 0 Å². The molecule has 0 spiro atoms. The molecule has 4 nitrogen and oxygen atoms in total. The molecule has 23 heavy (non-hydrogen) atoms. The number of nitrogens with zero attached hydrogens (tertiary/aromatic N) is 1. The summed E-state index contributed by atoms with van der Waals surface area (Å²) in [4.78, 5) is 13.2. The second kappa shape index (κ2) is 9.08. The van der Waals surface area contributed by atoms with Crippen LogP contribution in [-0.4, -0.2) is 23.4 Å². The van der Waals surface area contributed by atoms with Gasteiger partial charge in [0.15, 0.2) is 0 Å². The summed E-state index contributed by atoms with van der Waals surface area (Å²) in [6.45, 7) is 2.40. The lowest BCUT2D eigenvalue weighted by molar-refractivity contribution is -0.118. The maximum absolute atomic E-state index is 10.9. The summed E-state index contributed by atoms with van der Waals surface area (Å²) in [6.07, 6.45) is 0.959. The molecule has 0 heterocycles. The topological polar surface area (TPSA) is 72.3 Å². The minimum atomic E-state index is -0.293. The molecule has 0 saturated heterocycles. The van der Waals surface area contributed by atoms with Crippen molar-refractivity contribution in [3.05, 3.63) is 71.8 Å². The molecule has 0 aliphatic heterocycles. The van der Waals surface area contributed by atoms with Gasteiger partial charge in [0.05, 0.1) is 0 Å². The first kappa shape index (κ1) is 17.2. The number of hydrogen-bond donors (Lipinski definition) is 2. The third-order valence-corrected chi connectivity index (χ3v) is 3.75. The van der Waals surface area contributed by atoms with E-state index in [9.17, 15) is 4.79 Å². The number of rotatable bonds is 9. The van der Waals surface area contributed by atoms with Crippen LogP contribution in [0.1, 0.15) is 24.0 Å². The number of benzene rings is 2. The van der Waals surface area contributed by atoms with E-state index in [1.54, 1.807) is 0 Å². The zero-order chi connectivity index (χ0) is 16.5. The Kier molecular flexibility index (Phi) is 6.78. The van der Waals surface area contributed by atoms with Gasteiger partial charge in [-0.05, 0) is 17.5 Å². The van der Waals surface area contributed by atoms with E-state index < -0.39 is 0 Å². The monoisotopic (exact) mass is 311 g/mol. The highest BCUT2D eigenvalue weighted by Crippen LogP contribution is 2.11. The number of primary amides is 1. The van der Waals surface area contributed by atoms with Gasteiger partial charge < -0.3 is 11.5 Å². The summed E-state index contributed by atoms with van der Waals surface area (Å²) in [6, 6.07) is 20.6. The van der Waals surface area contributed by atoms with Gasteiger partial charge in [-0.15, -0.1) is 0 Å². The normalized spacial score (nSPS) is 12.3. The molecule has 122 valence electrons. The summed E-state index contributed by atoms with van der Waals surface area (Å²) >= 11 is 0. The Morgan fingerprint density at radius 1 is 0.913 bits per heavy atom. The van der Waals surface area contributed by atoms with Gasteiger partial charge in [-0.25, -0.2) is 0 Å². The van der Waals surface area contributed by atoms with Crippen LogP contribution < -0.4 is 11.5 Å². The fourth-order valence-corrected chi connectivity index (χ4v) is 2.62. The van der Waals surface area contributed by atoms with Crippen LogP contribution in [0.2, 0.25) is 0 Å². The maximum Gasteiger partial charge on any atom is 0.217 e. The molecule has 0 aromatic heterocycles. The summed E-state index contributed by atoms with van der Waals surface area (Å²) in [7, 11) is 0. The molecule has 2 aromatic rings. The lowest BCUT2D eigenvalue weighted by Crippen LogP contribution is -2.37. The third kappa shape index (κ3) is 6.63. The van der Waals surface area contributed by atoms with Crippen LogP contribution in [0.25, 0.3) is 0 Å². The zero-order valence-electron chi connectivity index (χ0n) is 13.4. The lowest BCUT2D eigenvalue weighted by Gasteiger charge is -2.26. The van der Waals surface area contributed by atoms with E-state index in [1.165, 1.54) is 11.1 Å². The van der Waals surface area contributed by atoms with E-state index in [0.29, 0.717) is 12.8 Å². The second-order valence-electron chi connectivity index (χ2n) is 5.91. The second-order valence-corrected chi connectivity index (χ2v) is 5.91. The molecule has 0 saturated carbocycles. The van der Waals surface area contributed by atoms with E-state index in [1.807, 2.05) is 36.4 Å². The average molecular weight is 311 g/mol. The number of nitrogens with two attached hydrogens (primary N) is 2. The Morgan fingerprint density at radius 2 is 1.39 bits per heavy atom. The molecular weight excluding hydrogens is 286 g/mol. The number of hydrogen-bond acceptors (Lipinski definition) is 3. The molecule has 4 heteroatoms. The smallest absolute Gasteiger partial charge is 0.217 e. The lowest BCUT2D eigenvalue weighted by atomic mass is 10.1. The largest absolute Gasteiger partial charge is 0.370 e. The number of carbonyl (C=O) groups is 1. The highest BCUT2D eigenvalue weighted by molar-refractivity contribution is 5.73. The van der Waals surface area contributed by atoms with Crippen LogP contribution in [0.4, 0.5) is 0 Å². The summed E-state index contributed by atoms with van der Waals surface area (Å²) in [5.74, 6) is -0.293. The molecule has 2 aromatic carbocycles. The van der Waals surface area contributed by atoms with Crippen LogP contribution in [0.5, 0.6) is 0 Å². The predicted octanol–water partition coefficient (Wildman–Crippen LogP) is 2.28. The first-order chi connectivity index (χ1) is 11.1. The first-order valence-corrected chi connectivity index (χ1v) is 7.97. The van der Waals surface area contributed by atoms with Crippen molar-refractivity contribution in [2.45, 2.75) is 32.0 Å². The van der Waals surface area contributed by atoms with Gasteiger partial charge >= 0.3 is 0 Å². The minimum absolute atomic E-state index is 0.0603. The molecule has 0 bridgehead atoms. The Labute approximate surface area is 138 Å². The van der Waals surface area contributed by atoms with E-state index in [0.717, 1.165) is 19.6 Å². The summed E-state index contributed by atoms with van der Waals surface area (Å²) in [5, 5.41) is 0. The van der Waals surface area contributed by atoms with Gasteiger partial charge in [-0.3, -0.25) is 9.69 Å². The predicted molar refractivity (Wildman–Crippen MR) is 93.4 cm³/mol. The average Bonchev–Trinajstić information content (AvgIpc) is 2.55. The molecule has 1 atom stereocenters. The van der Waals surface area contributed by atoms with Gasteiger partial charge in [0.25, 0.3) is 0 Å². The van der Waals surface area contributed by atoms with E-state index in [4.69, 9.17) is 11.5 Å². The number of amides is 1. The minimum Gasteiger partial charge on any atom is -0.370 e. The Bertz CT molecular complexity index is 545. The van der Waals surface area contributed by atoms with Crippen molar-refractivity contribution in [1.82, 2.24) is 4.90 Å². The van der Waals surface area contributed by atoms with Crippen LogP contribution in [-0.2, 0) is 17.9 Å². The first-order valence-electron chi connectivity index (χ1n) is 7.97. The Hall–Kier alpha value is -2.17. The van der Waals surface area contributed by atoms with Crippen LogP contribution in [0.3, 0.4) is 0 Å². The molecule has 2 rings (SSSR count). The van der Waals surface area contributed by atoms with Crippen molar-refractivity contribution in [2.24, 2.45) is 11.5 Å². The van der Waals surface area contributed by atoms with Crippen molar-refractivity contribution in [3.63, 3.8) is 0 Å². The van der Waals surface area contributed by atoms with E-state index >= 15 is 0 Å². The molecule has 1 amide bonds. The van der Waals surface area contributed by atoms with E-state index in [-0.39, 0.29) is 11.9 Å². The fourth-order valence-electron chi connectivity index (χ4n) is 2.62. The quantitative estimate of drug-likeness (QED) is 0.746. The molecule has 4 N–H and O–H groups in total. The highest BCUT2D eigenvalue weighted by atomic mass is 16.1. The fraction of sp³-hybridized carbons (Fsp3) is 0.316.